The summed E-state index contributed by atoms with van der Waals surface area (Å²) in [4.78, 5) is 21.2. The first-order valence-corrected chi connectivity index (χ1v) is 8.65. The molecule has 2 N–H and O–H groups in total. The third-order valence-electron chi connectivity index (χ3n) is 3.95. The van der Waals surface area contributed by atoms with Crippen LogP contribution in [0.3, 0.4) is 0 Å². The van der Waals surface area contributed by atoms with Crippen LogP contribution in [0.5, 0.6) is 0 Å². The molecule has 1 aliphatic rings. The summed E-state index contributed by atoms with van der Waals surface area (Å²) in [7, 11) is 0. The van der Waals surface area contributed by atoms with E-state index in [4.69, 9.17) is 23.2 Å². The third kappa shape index (κ3) is 4.16. The summed E-state index contributed by atoms with van der Waals surface area (Å²) < 4.78 is 0. The van der Waals surface area contributed by atoms with Gasteiger partial charge in [-0.2, -0.15) is 0 Å². The topological polar surface area (TPSA) is 66.9 Å². The highest BCUT2D eigenvalue weighted by molar-refractivity contribution is 6.42. The lowest BCUT2D eigenvalue weighted by molar-refractivity contribution is 0.102. The van der Waals surface area contributed by atoms with Gasteiger partial charge in [0.1, 0.15) is 5.69 Å². The van der Waals surface area contributed by atoms with E-state index in [1.807, 2.05) is 6.92 Å². The van der Waals surface area contributed by atoms with Crippen LogP contribution in [0.15, 0.2) is 24.3 Å². The molecule has 5 nitrogen and oxygen atoms in total. The van der Waals surface area contributed by atoms with Gasteiger partial charge in [0.2, 0.25) is 5.95 Å². The average molecular weight is 365 g/mol. The smallest absolute Gasteiger partial charge is 0.274 e. The molecule has 1 saturated carbocycles. The molecule has 1 heterocycles. The Morgan fingerprint density at radius 3 is 2.58 bits per heavy atom. The van der Waals surface area contributed by atoms with E-state index in [-0.39, 0.29) is 5.91 Å². The highest BCUT2D eigenvalue weighted by Crippen LogP contribution is 2.25. The van der Waals surface area contributed by atoms with Gasteiger partial charge >= 0.3 is 0 Å². The Labute approximate surface area is 150 Å². The maximum absolute atomic E-state index is 12.4. The molecule has 0 bridgehead atoms. The SMILES string of the molecule is Cc1cc(C(=O)Nc2ccc(Cl)c(Cl)c2)nc(NC2CCCC2)n1. The first-order chi connectivity index (χ1) is 11.5. The summed E-state index contributed by atoms with van der Waals surface area (Å²) in [6.45, 7) is 1.84. The molecule has 0 radical (unpaired) electrons. The van der Waals surface area contributed by atoms with E-state index in [9.17, 15) is 4.79 Å². The van der Waals surface area contributed by atoms with Gasteiger partial charge < -0.3 is 10.6 Å². The van der Waals surface area contributed by atoms with Gasteiger partial charge in [0.25, 0.3) is 5.91 Å². The van der Waals surface area contributed by atoms with Crippen molar-refractivity contribution < 1.29 is 4.79 Å². The van der Waals surface area contributed by atoms with Gasteiger partial charge in [-0.05, 0) is 44.0 Å². The Hall–Kier alpha value is -1.85. The summed E-state index contributed by atoms with van der Waals surface area (Å²) in [6, 6.07) is 6.98. The number of carbonyl (C=O) groups excluding carboxylic acids is 1. The van der Waals surface area contributed by atoms with Crippen LogP contribution in [-0.2, 0) is 0 Å². The van der Waals surface area contributed by atoms with E-state index in [2.05, 4.69) is 20.6 Å². The Kier molecular flexibility index (Phi) is 5.21. The molecule has 0 spiro atoms. The quantitative estimate of drug-likeness (QED) is 0.824. The number of hydrogen-bond acceptors (Lipinski definition) is 4. The number of anilines is 2. The van der Waals surface area contributed by atoms with E-state index < -0.39 is 0 Å². The fourth-order valence-corrected chi connectivity index (χ4v) is 3.07. The molecule has 7 heteroatoms. The molecule has 1 aliphatic carbocycles. The Morgan fingerprint density at radius 2 is 1.88 bits per heavy atom. The minimum absolute atomic E-state index is 0.312. The largest absolute Gasteiger partial charge is 0.351 e. The number of carbonyl (C=O) groups is 1. The van der Waals surface area contributed by atoms with Crippen molar-refractivity contribution in [3.63, 3.8) is 0 Å². The lowest BCUT2D eigenvalue weighted by Crippen LogP contribution is -2.20. The predicted octanol–water partition coefficient (Wildman–Crippen LogP) is 4.70. The molecule has 0 atom stereocenters. The van der Waals surface area contributed by atoms with Crippen LogP contribution in [-0.4, -0.2) is 21.9 Å². The van der Waals surface area contributed by atoms with Gasteiger partial charge in [0.05, 0.1) is 10.0 Å². The number of nitrogens with one attached hydrogen (secondary N) is 2. The number of benzene rings is 1. The molecular weight excluding hydrogens is 347 g/mol. The standard InChI is InChI=1S/C17H18Cl2N4O/c1-10-8-15(23-17(20-10)22-11-4-2-3-5-11)16(24)21-12-6-7-13(18)14(19)9-12/h6-9,11H,2-5H2,1H3,(H,21,24)(H,20,22,23). The van der Waals surface area contributed by atoms with E-state index in [1.165, 1.54) is 12.8 Å². The fraction of sp³-hybridized carbons (Fsp3) is 0.353. The van der Waals surface area contributed by atoms with E-state index in [1.54, 1.807) is 24.3 Å². The molecule has 0 saturated heterocycles. The van der Waals surface area contributed by atoms with E-state index >= 15 is 0 Å². The molecule has 0 unspecified atom stereocenters. The average Bonchev–Trinajstić information content (AvgIpc) is 3.03. The zero-order valence-electron chi connectivity index (χ0n) is 13.3. The van der Waals surface area contributed by atoms with Crippen LogP contribution in [0.25, 0.3) is 0 Å². The van der Waals surface area contributed by atoms with Gasteiger partial charge in [-0.25, -0.2) is 9.97 Å². The van der Waals surface area contributed by atoms with Crippen molar-refractivity contribution in [2.45, 2.75) is 38.6 Å². The predicted molar refractivity (Wildman–Crippen MR) is 97.1 cm³/mol. The molecule has 24 heavy (non-hydrogen) atoms. The molecule has 1 aromatic carbocycles. The second kappa shape index (κ2) is 7.36. The number of nitrogens with zero attached hydrogens (tertiary/aromatic N) is 2. The zero-order chi connectivity index (χ0) is 17.1. The maximum atomic E-state index is 12.4. The monoisotopic (exact) mass is 364 g/mol. The van der Waals surface area contributed by atoms with Crippen molar-refractivity contribution in [1.29, 1.82) is 0 Å². The fourth-order valence-electron chi connectivity index (χ4n) is 2.77. The van der Waals surface area contributed by atoms with Gasteiger partial charge in [-0.15, -0.1) is 0 Å². The summed E-state index contributed by atoms with van der Waals surface area (Å²) >= 11 is 11.9. The minimum atomic E-state index is -0.312. The van der Waals surface area contributed by atoms with Gasteiger partial charge in [-0.1, -0.05) is 36.0 Å². The van der Waals surface area contributed by atoms with Crippen molar-refractivity contribution in [1.82, 2.24) is 9.97 Å². The first kappa shape index (κ1) is 17.0. The second-order valence-corrected chi connectivity index (χ2v) is 6.74. The van der Waals surface area contributed by atoms with Crippen molar-refractivity contribution in [2.24, 2.45) is 0 Å². The van der Waals surface area contributed by atoms with Crippen molar-refractivity contribution in [3.8, 4) is 0 Å². The van der Waals surface area contributed by atoms with E-state index in [0.717, 1.165) is 18.5 Å². The lowest BCUT2D eigenvalue weighted by atomic mass is 10.2. The normalized spacial score (nSPS) is 14.6. The Balaban J connectivity index is 1.75. The Bertz CT molecular complexity index is 760. The second-order valence-electron chi connectivity index (χ2n) is 5.93. The summed E-state index contributed by atoms with van der Waals surface area (Å²) in [5.41, 5.74) is 1.62. The highest BCUT2D eigenvalue weighted by Gasteiger charge is 2.17. The number of hydrogen-bond donors (Lipinski definition) is 2. The number of rotatable bonds is 4. The first-order valence-electron chi connectivity index (χ1n) is 7.90. The molecule has 1 aromatic heterocycles. The van der Waals surface area contributed by atoms with Gasteiger partial charge in [0, 0.05) is 17.4 Å². The Morgan fingerprint density at radius 1 is 1.12 bits per heavy atom. The highest BCUT2D eigenvalue weighted by atomic mass is 35.5. The van der Waals surface area contributed by atoms with Crippen LogP contribution >= 0.6 is 23.2 Å². The van der Waals surface area contributed by atoms with Gasteiger partial charge in [0.15, 0.2) is 0 Å². The summed E-state index contributed by atoms with van der Waals surface area (Å²) in [6.07, 6.45) is 4.66. The number of aryl methyl sites for hydroxylation is 1. The molecule has 3 rings (SSSR count). The molecule has 2 aromatic rings. The number of aromatic nitrogens is 2. The van der Waals surface area contributed by atoms with Crippen molar-refractivity contribution in [3.05, 3.63) is 45.7 Å². The zero-order valence-corrected chi connectivity index (χ0v) is 14.8. The minimum Gasteiger partial charge on any atom is -0.351 e. The maximum Gasteiger partial charge on any atom is 0.274 e. The van der Waals surface area contributed by atoms with Crippen molar-refractivity contribution in [2.75, 3.05) is 10.6 Å². The molecule has 0 aliphatic heterocycles. The molecule has 1 amide bonds. The van der Waals surface area contributed by atoms with Crippen LogP contribution in [0.4, 0.5) is 11.6 Å². The summed E-state index contributed by atoms with van der Waals surface area (Å²) in [5, 5.41) is 6.92. The molecule has 1 fully saturated rings. The van der Waals surface area contributed by atoms with Crippen LogP contribution < -0.4 is 10.6 Å². The molecular formula is C17H18Cl2N4O. The van der Waals surface area contributed by atoms with E-state index in [0.29, 0.717) is 33.4 Å². The van der Waals surface area contributed by atoms with Gasteiger partial charge in [-0.3, -0.25) is 4.79 Å². The van der Waals surface area contributed by atoms with Crippen LogP contribution in [0, 0.1) is 6.92 Å². The molecule has 126 valence electrons. The third-order valence-corrected chi connectivity index (χ3v) is 4.69. The number of halogens is 2. The van der Waals surface area contributed by atoms with Crippen molar-refractivity contribution >= 4 is 40.7 Å². The van der Waals surface area contributed by atoms with Crippen LogP contribution in [0.2, 0.25) is 10.0 Å². The van der Waals surface area contributed by atoms with Crippen LogP contribution in [0.1, 0.15) is 41.9 Å². The summed E-state index contributed by atoms with van der Waals surface area (Å²) in [5.74, 6) is 0.189. The number of amides is 1. The lowest BCUT2D eigenvalue weighted by Gasteiger charge is -2.13.